The predicted octanol–water partition coefficient (Wildman–Crippen LogP) is 0.663. The van der Waals surface area contributed by atoms with Crippen LogP contribution >= 0.6 is 0 Å². The van der Waals surface area contributed by atoms with Crippen LogP contribution in [0.2, 0.25) is 0 Å². The normalized spacial score (nSPS) is 24.8. The number of carbonyl (C=O) groups excluding carboxylic acids is 2. The van der Waals surface area contributed by atoms with E-state index >= 15 is 0 Å². The molecule has 0 bridgehead atoms. The van der Waals surface area contributed by atoms with Crippen molar-refractivity contribution in [2.24, 2.45) is 11.0 Å². The van der Waals surface area contributed by atoms with E-state index in [0.717, 1.165) is 4.90 Å². The number of hydrogen-bond donors (Lipinski definition) is 1. The van der Waals surface area contributed by atoms with E-state index < -0.39 is 23.9 Å². The Morgan fingerprint density at radius 3 is 2.72 bits per heavy atom. The number of amides is 2. The van der Waals surface area contributed by atoms with E-state index in [4.69, 9.17) is 0 Å². The van der Waals surface area contributed by atoms with Crippen molar-refractivity contribution in [3.8, 4) is 0 Å². The van der Waals surface area contributed by atoms with Crippen LogP contribution in [0, 0.1) is 5.92 Å². The third-order valence-corrected chi connectivity index (χ3v) is 3.06. The first-order valence-electron chi connectivity index (χ1n) is 5.59. The van der Waals surface area contributed by atoms with Gasteiger partial charge < -0.3 is 4.90 Å². The Morgan fingerprint density at radius 2 is 2.17 bits per heavy atom. The molecule has 1 unspecified atom stereocenters. The lowest BCUT2D eigenvalue weighted by molar-refractivity contribution is -0.187. The molecule has 1 atom stereocenters. The number of hydrazone groups is 1. The molecule has 0 aromatic carbocycles. The van der Waals surface area contributed by atoms with Crippen LogP contribution in [0.15, 0.2) is 5.10 Å². The number of piperidine rings is 1. The van der Waals surface area contributed by atoms with Crippen molar-refractivity contribution >= 4 is 17.5 Å². The second-order valence-corrected chi connectivity index (χ2v) is 4.40. The number of nitrogens with one attached hydrogen (secondary N) is 1. The third-order valence-electron chi connectivity index (χ3n) is 3.06. The number of rotatable bonds is 1. The number of hydrogen-bond acceptors (Lipinski definition) is 3. The highest BCUT2D eigenvalue weighted by molar-refractivity contribution is 6.43. The molecule has 0 radical (unpaired) electrons. The van der Waals surface area contributed by atoms with Crippen LogP contribution in [0.3, 0.4) is 0 Å². The van der Waals surface area contributed by atoms with Crippen LogP contribution < -0.4 is 5.43 Å². The lowest BCUT2D eigenvalue weighted by atomic mass is 9.97. The number of nitrogens with zero attached hydrogens (tertiary/aromatic N) is 2. The van der Waals surface area contributed by atoms with Gasteiger partial charge in [0.05, 0.1) is 12.3 Å². The SMILES string of the molecule is O=C1CC(C(=O)N2CCCC(C(F)(F)F)C2)=NN1. The first-order valence-corrected chi connectivity index (χ1v) is 5.59. The molecule has 2 amide bonds. The molecule has 0 spiro atoms. The highest BCUT2D eigenvalue weighted by Crippen LogP contribution is 2.33. The van der Waals surface area contributed by atoms with Crippen LogP contribution in [0.5, 0.6) is 0 Å². The topological polar surface area (TPSA) is 61.8 Å². The van der Waals surface area contributed by atoms with E-state index in [9.17, 15) is 22.8 Å². The van der Waals surface area contributed by atoms with E-state index in [1.54, 1.807) is 0 Å². The third kappa shape index (κ3) is 2.62. The largest absolute Gasteiger partial charge is 0.393 e. The molecule has 0 aromatic heterocycles. The summed E-state index contributed by atoms with van der Waals surface area (Å²) in [6.07, 6.45) is -4.10. The minimum atomic E-state index is -4.29. The molecule has 100 valence electrons. The highest BCUT2D eigenvalue weighted by Gasteiger charge is 2.43. The van der Waals surface area contributed by atoms with Crippen LogP contribution in [-0.4, -0.2) is 41.7 Å². The maximum absolute atomic E-state index is 12.6. The first kappa shape index (κ1) is 12.8. The molecule has 2 rings (SSSR count). The summed E-state index contributed by atoms with van der Waals surface area (Å²) in [6.45, 7) is -0.0752. The van der Waals surface area contributed by atoms with Gasteiger partial charge in [-0.25, -0.2) is 5.43 Å². The van der Waals surface area contributed by atoms with Crippen molar-refractivity contribution in [1.82, 2.24) is 10.3 Å². The van der Waals surface area contributed by atoms with Crippen molar-refractivity contribution in [1.29, 1.82) is 0 Å². The van der Waals surface area contributed by atoms with Gasteiger partial charge in [0.15, 0.2) is 0 Å². The van der Waals surface area contributed by atoms with Gasteiger partial charge >= 0.3 is 6.18 Å². The summed E-state index contributed by atoms with van der Waals surface area (Å²) in [5.74, 6) is -2.48. The Hall–Kier alpha value is -1.60. The van der Waals surface area contributed by atoms with Gasteiger partial charge in [0, 0.05) is 13.1 Å². The fourth-order valence-corrected chi connectivity index (χ4v) is 2.10. The molecule has 0 saturated carbocycles. The zero-order chi connectivity index (χ0) is 13.3. The quantitative estimate of drug-likeness (QED) is 0.755. The lowest BCUT2D eigenvalue weighted by Crippen LogP contribution is -2.46. The first-order chi connectivity index (χ1) is 8.38. The second-order valence-electron chi connectivity index (χ2n) is 4.40. The minimum absolute atomic E-state index is 0.0113. The summed E-state index contributed by atoms with van der Waals surface area (Å²) >= 11 is 0. The average Bonchev–Trinajstić information content (AvgIpc) is 2.74. The Balaban J connectivity index is 2.01. The number of halogens is 3. The van der Waals surface area contributed by atoms with Crippen LogP contribution in [0.25, 0.3) is 0 Å². The van der Waals surface area contributed by atoms with Gasteiger partial charge in [0.25, 0.3) is 5.91 Å². The summed E-state index contributed by atoms with van der Waals surface area (Å²) in [5.41, 5.74) is 2.10. The molecule has 18 heavy (non-hydrogen) atoms. The molecule has 1 N–H and O–H groups in total. The van der Waals surface area contributed by atoms with Crippen molar-refractivity contribution in [2.45, 2.75) is 25.4 Å². The molecule has 2 aliphatic rings. The van der Waals surface area contributed by atoms with Crippen LogP contribution in [0.1, 0.15) is 19.3 Å². The van der Waals surface area contributed by atoms with E-state index in [1.165, 1.54) is 0 Å². The number of carbonyl (C=O) groups is 2. The lowest BCUT2D eigenvalue weighted by Gasteiger charge is -2.33. The fraction of sp³-hybridized carbons (Fsp3) is 0.700. The molecule has 1 fully saturated rings. The Labute approximate surface area is 101 Å². The van der Waals surface area contributed by atoms with E-state index in [0.29, 0.717) is 6.42 Å². The van der Waals surface area contributed by atoms with Gasteiger partial charge in [0.1, 0.15) is 5.71 Å². The van der Waals surface area contributed by atoms with Gasteiger partial charge in [-0.15, -0.1) is 0 Å². The fourth-order valence-electron chi connectivity index (χ4n) is 2.10. The molecular weight excluding hydrogens is 251 g/mol. The summed E-state index contributed by atoms with van der Waals surface area (Å²) in [4.78, 5) is 23.9. The predicted molar refractivity (Wildman–Crippen MR) is 55.6 cm³/mol. The molecule has 0 aliphatic carbocycles. The van der Waals surface area contributed by atoms with Gasteiger partial charge in [-0.05, 0) is 12.8 Å². The zero-order valence-corrected chi connectivity index (χ0v) is 9.46. The van der Waals surface area contributed by atoms with Crippen molar-refractivity contribution in [3.63, 3.8) is 0 Å². The van der Waals surface area contributed by atoms with Gasteiger partial charge in [-0.2, -0.15) is 18.3 Å². The van der Waals surface area contributed by atoms with Crippen molar-refractivity contribution in [3.05, 3.63) is 0 Å². The maximum atomic E-state index is 12.6. The molecule has 2 heterocycles. The Kier molecular flexibility index (Phi) is 3.27. The van der Waals surface area contributed by atoms with Crippen molar-refractivity contribution < 1.29 is 22.8 Å². The van der Waals surface area contributed by atoms with Crippen LogP contribution in [-0.2, 0) is 9.59 Å². The van der Waals surface area contributed by atoms with Gasteiger partial charge in [0.2, 0.25) is 5.91 Å². The monoisotopic (exact) mass is 263 g/mol. The van der Waals surface area contributed by atoms with E-state index in [-0.39, 0.29) is 31.6 Å². The second kappa shape index (κ2) is 4.58. The summed E-state index contributed by atoms with van der Waals surface area (Å²) in [5, 5.41) is 3.52. The smallest absolute Gasteiger partial charge is 0.337 e. The summed E-state index contributed by atoms with van der Waals surface area (Å²) in [6, 6.07) is 0. The Bertz CT molecular complexity index is 406. The van der Waals surface area contributed by atoms with E-state index in [1.807, 2.05) is 0 Å². The Morgan fingerprint density at radius 1 is 1.44 bits per heavy atom. The zero-order valence-electron chi connectivity index (χ0n) is 9.46. The van der Waals surface area contributed by atoms with Crippen LogP contribution in [0.4, 0.5) is 13.2 Å². The van der Waals surface area contributed by atoms with Crippen molar-refractivity contribution in [2.75, 3.05) is 13.1 Å². The molecule has 0 aromatic rings. The van der Waals surface area contributed by atoms with Gasteiger partial charge in [-0.1, -0.05) is 0 Å². The molecule has 1 saturated heterocycles. The standard InChI is InChI=1S/C10H12F3N3O2/c11-10(12,13)6-2-1-3-16(5-6)9(18)7-4-8(17)15-14-7/h6H,1-5H2,(H,15,17). The molecule has 8 heteroatoms. The van der Waals surface area contributed by atoms with E-state index in [2.05, 4.69) is 10.5 Å². The molecule has 2 aliphatic heterocycles. The number of alkyl halides is 3. The minimum Gasteiger partial charge on any atom is -0.337 e. The molecule has 5 nitrogen and oxygen atoms in total. The van der Waals surface area contributed by atoms with Gasteiger partial charge in [-0.3, -0.25) is 9.59 Å². The number of likely N-dealkylation sites (tertiary alicyclic amines) is 1. The molecular formula is C10H12F3N3O2. The average molecular weight is 263 g/mol. The summed E-state index contributed by atoms with van der Waals surface area (Å²) in [7, 11) is 0. The highest BCUT2D eigenvalue weighted by atomic mass is 19.4. The summed E-state index contributed by atoms with van der Waals surface area (Å²) < 4.78 is 37.7. The maximum Gasteiger partial charge on any atom is 0.393 e.